The molecule has 4 amide bonds. The van der Waals surface area contributed by atoms with Crippen LogP contribution in [0.2, 0.25) is 0 Å². The molecule has 1 saturated heterocycles. The molecule has 1 fully saturated rings. The molecule has 0 aliphatic carbocycles. The predicted octanol–water partition coefficient (Wildman–Crippen LogP) is 2.81. The number of aromatic nitrogens is 1. The molecule has 168 valence electrons. The lowest BCUT2D eigenvalue weighted by molar-refractivity contribution is -0.127. The number of anilines is 1. The van der Waals surface area contributed by atoms with Gasteiger partial charge in [-0.1, -0.05) is 18.2 Å². The Balaban J connectivity index is 1.52. The van der Waals surface area contributed by atoms with E-state index in [0.717, 1.165) is 27.6 Å². The van der Waals surface area contributed by atoms with Crippen molar-refractivity contribution in [3.63, 3.8) is 0 Å². The summed E-state index contributed by atoms with van der Waals surface area (Å²) in [6.07, 6.45) is 3.30. The standard InChI is InChI=1S/C23H20N4O5S/c1-32-16-8-6-15(7-9-16)25-21(29)13-27-22(30)19(33-23(27)31)10-14-11-26(12-20(24)28)18-5-3-2-4-17(14)18/h2-11H,12-13H2,1H3,(H2,24,28)(H,25,29)/b19-10-. The topological polar surface area (TPSA) is 124 Å². The molecule has 0 spiro atoms. The van der Waals surface area contributed by atoms with Gasteiger partial charge in [-0.3, -0.25) is 24.1 Å². The smallest absolute Gasteiger partial charge is 0.294 e. The van der Waals surface area contributed by atoms with Gasteiger partial charge < -0.3 is 20.4 Å². The van der Waals surface area contributed by atoms with Gasteiger partial charge in [-0.15, -0.1) is 0 Å². The van der Waals surface area contributed by atoms with Crippen molar-refractivity contribution >= 4 is 57.4 Å². The molecule has 0 unspecified atom stereocenters. The Hall–Kier alpha value is -4.05. The molecule has 3 aromatic rings. The normalized spacial score (nSPS) is 14.8. The zero-order chi connectivity index (χ0) is 23.5. The lowest BCUT2D eigenvalue weighted by atomic mass is 10.1. The molecule has 0 bridgehead atoms. The number of imide groups is 1. The molecule has 3 N–H and O–H groups in total. The number of nitrogens with zero attached hydrogens (tertiary/aromatic N) is 2. The SMILES string of the molecule is COc1ccc(NC(=O)CN2C(=O)S/C(=C\c3cn(CC(N)=O)c4ccccc34)C2=O)cc1. The Morgan fingerprint density at radius 3 is 2.52 bits per heavy atom. The Morgan fingerprint density at radius 2 is 1.82 bits per heavy atom. The Morgan fingerprint density at radius 1 is 1.09 bits per heavy atom. The fourth-order valence-corrected chi connectivity index (χ4v) is 4.31. The Kier molecular flexibility index (Phi) is 6.18. The largest absolute Gasteiger partial charge is 0.497 e. The van der Waals surface area contributed by atoms with Crippen LogP contribution in [-0.4, -0.2) is 46.1 Å². The summed E-state index contributed by atoms with van der Waals surface area (Å²) >= 11 is 0.763. The van der Waals surface area contributed by atoms with Crippen LogP contribution < -0.4 is 15.8 Å². The lowest BCUT2D eigenvalue weighted by Gasteiger charge is -2.12. The number of methoxy groups -OCH3 is 1. The molecule has 1 aromatic heterocycles. The van der Waals surface area contributed by atoms with E-state index in [4.69, 9.17) is 10.5 Å². The molecule has 0 saturated carbocycles. The molecule has 0 radical (unpaired) electrons. The van der Waals surface area contributed by atoms with Crippen molar-refractivity contribution in [2.75, 3.05) is 19.0 Å². The van der Waals surface area contributed by atoms with E-state index in [1.165, 1.54) is 7.11 Å². The molecule has 2 heterocycles. The van der Waals surface area contributed by atoms with Gasteiger partial charge in [0.15, 0.2) is 0 Å². The van der Waals surface area contributed by atoms with E-state index in [2.05, 4.69) is 5.32 Å². The van der Waals surface area contributed by atoms with Gasteiger partial charge >= 0.3 is 0 Å². The number of nitrogens with one attached hydrogen (secondary N) is 1. The quantitative estimate of drug-likeness (QED) is 0.518. The lowest BCUT2D eigenvalue weighted by Crippen LogP contribution is -2.36. The van der Waals surface area contributed by atoms with Crippen LogP contribution in [0.3, 0.4) is 0 Å². The van der Waals surface area contributed by atoms with Gasteiger partial charge in [-0.05, 0) is 48.2 Å². The zero-order valence-electron chi connectivity index (χ0n) is 17.6. The summed E-state index contributed by atoms with van der Waals surface area (Å²) in [5, 5.41) is 2.93. The molecule has 9 nitrogen and oxygen atoms in total. The summed E-state index contributed by atoms with van der Waals surface area (Å²) in [4.78, 5) is 50.2. The molecule has 0 atom stereocenters. The maximum Gasteiger partial charge on any atom is 0.294 e. The molecule has 1 aliphatic rings. The molecule has 4 rings (SSSR count). The molecule has 10 heteroatoms. The minimum Gasteiger partial charge on any atom is -0.497 e. The van der Waals surface area contributed by atoms with Crippen LogP contribution in [0, 0.1) is 0 Å². The average molecular weight is 465 g/mol. The number of fused-ring (bicyclic) bond motifs is 1. The number of carbonyl (C=O) groups is 4. The van der Waals surface area contributed by atoms with Gasteiger partial charge in [-0.2, -0.15) is 0 Å². The first kappa shape index (κ1) is 22.2. The minimum atomic E-state index is -0.554. The summed E-state index contributed by atoms with van der Waals surface area (Å²) in [6.45, 7) is -0.418. The fraction of sp³-hybridized carbons (Fsp3) is 0.130. The second-order valence-electron chi connectivity index (χ2n) is 7.24. The molecule has 33 heavy (non-hydrogen) atoms. The molecular weight excluding hydrogens is 444 g/mol. The number of nitrogens with two attached hydrogens (primary N) is 1. The van der Waals surface area contributed by atoms with E-state index < -0.39 is 29.5 Å². The zero-order valence-corrected chi connectivity index (χ0v) is 18.4. The number of para-hydroxylation sites is 1. The van der Waals surface area contributed by atoms with Crippen molar-refractivity contribution in [2.45, 2.75) is 6.54 Å². The number of ether oxygens (including phenoxy) is 1. The maximum absolute atomic E-state index is 12.9. The highest BCUT2D eigenvalue weighted by atomic mass is 32.2. The van der Waals surface area contributed by atoms with Crippen molar-refractivity contribution < 1.29 is 23.9 Å². The number of thioether (sulfide) groups is 1. The van der Waals surface area contributed by atoms with E-state index in [1.54, 1.807) is 41.1 Å². The number of benzene rings is 2. The predicted molar refractivity (Wildman–Crippen MR) is 125 cm³/mol. The van der Waals surface area contributed by atoms with E-state index in [1.807, 2.05) is 24.3 Å². The van der Waals surface area contributed by atoms with Crippen LogP contribution in [0.5, 0.6) is 5.75 Å². The van der Waals surface area contributed by atoms with Crippen molar-refractivity contribution in [1.29, 1.82) is 0 Å². The monoisotopic (exact) mass is 464 g/mol. The summed E-state index contributed by atoms with van der Waals surface area (Å²) in [6, 6.07) is 14.1. The third kappa shape index (κ3) is 4.75. The highest BCUT2D eigenvalue weighted by Crippen LogP contribution is 2.34. The first-order valence-corrected chi connectivity index (χ1v) is 10.7. The Bertz CT molecular complexity index is 1300. The fourth-order valence-electron chi connectivity index (χ4n) is 3.48. The first-order chi connectivity index (χ1) is 15.9. The third-order valence-corrected chi connectivity index (χ3v) is 5.89. The second kappa shape index (κ2) is 9.21. The van der Waals surface area contributed by atoms with Gasteiger partial charge in [-0.25, -0.2) is 0 Å². The van der Waals surface area contributed by atoms with E-state index in [9.17, 15) is 19.2 Å². The van der Waals surface area contributed by atoms with E-state index in [0.29, 0.717) is 17.0 Å². The number of hydrogen-bond donors (Lipinski definition) is 2. The van der Waals surface area contributed by atoms with Crippen LogP contribution in [0.4, 0.5) is 10.5 Å². The van der Waals surface area contributed by atoms with Crippen LogP contribution in [-0.2, 0) is 20.9 Å². The summed E-state index contributed by atoms with van der Waals surface area (Å²) < 4.78 is 6.76. The maximum atomic E-state index is 12.9. The molecule has 1 aliphatic heterocycles. The first-order valence-electron chi connectivity index (χ1n) is 9.91. The van der Waals surface area contributed by atoms with Gasteiger partial charge in [0, 0.05) is 28.4 Å². The van der Waals surface area contributed by atoms with Crippen molar-refractivity contribution in [3.05, 3.63) is 65.2 Å². The number of amides is 4. The van der Waals surface area contributed by atoms with Gasteiger partial charge in [0.2, 0.25) is 11.8 Å². The summed E-state index contributed by atoms with van der Waals surface area (Å²) in [5.74, 6) is -0.907. The van der Waals surface area contributed by atoms with E-state index >= 15 is 0 Å². The van der Waals surface area contributed by atoms with Crippen LogP contribution in [0.1, 0.15) is 5.56 Å². The summed E-state index contributed by atoms with van der Waals surface area (Å²) in [5.41, 5.74) is 7.30. The number of hydrogen-bond acceptors (Lipinski definition) is 6. The van der Waals surface area contributed by atoms with Crippen LogP contribution >= 0.6 is 11.8 Å². The minimum absolute atomic E-state index is 0.0125. The van der Waals surface area contributed by atoms with Crippen molar-refractivity contribution in [1.82, 2.24) is 9.47 Å². The van der Waals surface area contributed by atoms with Crippen LogP contribution in [0.15, 0.2) is 59.6 Å². The molecular formula is C23H20N4O5S. The number of primary amides is 1. The second-order valence-corrected chi connectivity index (χ2v) is 8.23. The highest BCUT2D eigenvalue weighted by Gasteiger charge is 2.36. The number of carbonyl (C=O) groups excluding carboxylic acids is 4. The van der Waals surface area contributed by atoms with Crippen molar-refractivity contribution in [2.24, 2.45) is 5.73 Å². The number of rotatable bonds is 7. The van der Waals surface area contributed by atoms with Crippen molar-refractivity contribution in [3.8, 4) is 5.75 Å². The van der Waals surface area contributed by atoms with Gasteiger partial charge in [0.1, 0.15) is 18.8 Å². The van der Waals surface area contributed by atoms with Gasteiger partial charge in [0.05, 0.1) is 12.0 Å². The molecule has 2 aromatic carbocycles. The van der Waals surface area contributed by atoms with Crippen LogP contribution in [0.25, 0.3) is 17.0 Å². The van der Waals surface area contributed by atoms with Gasteiger partial charge in [0.25, 0.3) is 11.1 Å². The third-order valence-electron chi connectivity index (χ3n) is 4.98. The Labute approximate surface area is 193 Å². The average Bonchev–Trinajstić information content (AvgIpc) is 3.26. The van der Waals surface area contributed by atoms with E-state index in [-0.39, 0.29) is 11.4 Å². The highest BCUT2D eigenvalue weighted by molar-refractivity contribution is 8.18. The summed E-state index contributed by atoms with van der Waals surface area (Å²) in [7, 11) is 1.54.